The van der Waals surface area contributed by atoms with Gasteiger partial charge >= 0.3 is 0 Å². The number of carbonyl (C=O) groups excluding carboxylic acids is 1. The van der Waals surface area contributed by atoms with Gasteiger partial charge in [0, 0.05) is 12.0 Å². The Labute approximate surface area is 192 Å². The van der Waals surface area contributed by atoms with E-state index in [0.717, 1.165) is 40.3 Å². The van der Waals surface area contributed by atoms with Crippen molar-refractivity contribution in [3.05, 3.63) is 59.7 Å². The van der Waals surface area contributed by atoms with Crippen LogP contribution in [0.4, 0.5) is 5.69 Å². The molecule has 2 aromatic rings. The van der Waals surface area contributed by atoms with Crippen LogP contribution in [0, 0.1) is 0 Å². The second-order valence-electron chi connectivity index (χ2n) is 8.87. The van der Waals surface area contributed by atoms with Crippen LogP contribution in [0.5, 0.6) is 5.75 Å². The van der Waals surface area contributed by atoms with Gasteiger partial charge in [0.1, 0.15) is 17.9 Å². The molecule has 0 bridgehead atoms. The highest BCUT2D eigenvalue weighted by molar-refractivity contribution is 7.92. The Morgan fingerprint density at radius 2 is 1.75 bits per heavy atom. The van der Waals surface area contributed by atoms with E-state index in [9.17, 15) is 13.2 Å². The smallest absolute Gasteiger partial charge is 0.241 e. The molecule has 0 aliphatic carbocycles. The van der Waals surface area contributed by atoms with Crippen molar-refractivity contribution in [2.75, 3.05) is 17.1 Å². The molecule has 0 saturated heterocycles. The van der Waals surface area contributed by atoms with Crippen molar-refractivity contribution in [1.29, 1.82) is 0 Å². The van der Waals surface area contributed by atoms with Crippen LogP contribution in [0.1, 0.15) is 70.0 Å². The van der Waals surface area contributed by atoms with E-state index in [0.29, 0.717) is 18.0 Å². The Kier molecular flexibility index (Phi) is 7.18. The van der Waals surface area contributed by atoms with Gasteiger partial charge in [0.05, 0.1) is 18.0 Å². The molecule has 1 aliphatic heterocycles. The largest absolute Gasteiger partial charge is 0.487 e. The number of benzene rings is 2. The molecule has 0 spiro atoms. The number of rotatable bonds is 8. The average Bonchev–Trinajstić information content (AvgIpc) is 2.76. The first-order chi connectivity index (χ1) is 15.1. The van der Waals surface area contributed by atoms with Gasteiger partial charge < -0.3 is 10.1 Å². The highest BCUT2D eigenvalue weighted by Crippen LogP contribution is 2.42. The summed E-state index contributed by atoms with van der Waals surface area (Å²) in [6, 6.07) is 14.8. The van der Waals surface area contributed by atoms with Crippen LogP contribution in [0.25, 0.3) is 0 Å². The van der Waals surface area contributed by atoms with Crippen LogP contribution in [-0.2, 0) is 14.8 Å². The lowest BCUT2D eigenvalue weighted by molar-refractivity contribution is -0.121. The zero-order valence-corrected chi connectivity index (χ0v) is 20.4. The molecule has 3 rings (SSSR count). The van der Waals surface area contributed by atoms with Gasteiger partial charge in [-0.2, -0.15) is 0 Å². The second-order valence-corrected chi connectivity index (χ2v) is 10.8. The molecule has 1 aliphatic rings. The van der Waals surface area contributed by atoms with Gasteiger partial charge in [-0.1, -0.05) is 58.0 Å². The molecule has 6 nitrogen and oxygen atoms in total. The van der Waals surface area contributed by atoms with Crippen LogP contribution in [0.3, 0.4) is 0 Å². The van der Waals surface area contributed by atoms with Crippen molar-refractivity contribution in [1.82, 2.24) is 5.32 Å². The van der Waals surface area contributed by atoms with Crippen molar-refractivity contribution in [2.45, 2.75) is 64.5 Å². The first-order valence-electron chi connectivity index (χ1n) is 11.2. The van der Waals surface area contributed by atoms with Gasteiger partial charge in [-0.15, -0.1) is 0 Å². The van der Waals surface area contributed by atoms with Gasteiger partial charge in [-0.3, -0.25) is 9.10 Å². The van der Waals surface area contributed by atoms with Gasteiger partial charge in [-0.25, -0.2) is 8.42 Å². The number of carbonyl (C=O) groups is 1. The number of ether oxygens (including phenoxy) is 1. The minimum atomic E-state index is -3.63. The van der Waals surface area contributed by atoms with Crippen LogP contribution in [0.15, 0.2) is 48.5 Å². The van der Waals surface area contributed by atoms with Crippen LogP contribution in [0.2, 0.25) is 0 Å². The fraction of sp³-hybridized carbons (Fsp3) is 0.480. The molecule has 7 heteroatoms. The molecule has 174 valence electrons. The molecule has 1 amide bonds. The van der Waals surface area contributed by atoms with Gasteiger partial charge in [0.2, 0.25) is 15.9 Å². The summed E-state index contributed by atoms with van der Waals surface area (Å²) >= 11 is 0. The Bertz CT molecular complexity index is 1040. The highest BCUT2D eigenvalue weighted by atomic mass is 32.2. The maximum Gasteiger partial charge on any atom is 0.241 e. The zero-order chi connectivity index (χ0) is 23.5. The quantitative estimate of drug-likeness (QED) is 0.618. The Morgan fingerprint density at radius 3 is 2.31 bits per heavy atom. The molecule has 0 unspecified atom stereocenters. The van der Waals surface area contributed by atoms with E-state index in [4.69, 9.17) is 4.74 Å². The van der Waals surface area contributed by atoms with Crippen molar-refractivity contribution in [3.8, 4) is 5.75 Å². The molecule has 0 radical (unpaired) electrons. The predicted octanol–water partition coefficient (Wildman–Crippen LogP) is 4.77. The maximum absolute atomic E-state index is 13.1. The summed E-state index contributed by atoms with van der Waals surface area (Å²) in [4.78, 5) is 13.1. The number of nitrogens with one attached hydrogen (secondary N) is 1. The number of fused-ring (bicyclic) bond motifs is 1. The van der Waals surface area contributed by atoms with Crippen LogP contribution >= 0.6 is 0 Å². The highest BCUT2D eigenvalue weighted by Gasteiger charge is 2.39. The lowest BCUT2D eigenvalue weighted by Gasteiger charge is -2.41. The van der Waals surface area contributed by atoms with Gasteiger partial charge in [0.25, 0.3) is 0 Å². The molecule has 32 heavy (non-hydrogen) atoms. The minimum Gasteiger partial charge on any atom is -0.487 e. The summed E-state index contributed by atoms with van der Waals surface area (Å²) in [6.07, 6.45) is 3.41. The number of hydrogen-bond acceptors (Lipinski definition) is 4. The van der Waals surface area contributed by atoms with E-state index in [-0.39, 0.29) is 24.1 Å². The molecular weight excluding hydrogens is 424 g/mol. The zero-order valence-electron chi connectivity index (χ0n) is 19.6. The lowest BCUT2D eigenvalue weighted by Crippen LogP contribution is -2.47. The van der Waals surface area contributed by atoms with Crippen LogP contribution < -0.4 is 14.4 Å². The molecule has 0 saturated carbocycles. The maximum atomic E-state index is 13.1. The van der Waals surface area contributed by atoms with E-state index < -0.39 is 10.0 Å². The number of amides is 1. The molecule has 1 N–H and O–H groups in total. The minimum absolute atomic E-state index is 0.239. The Hall–Kier alpha value is -2.54. The lowest BCUT2D eigenvalue weighted by atomic mass is 9.83. The number of nitrogens with zero attached hydrogens (tertiary/aromatic N) is 1. The topological polar surface area (TPSA) is 75.7 Å². The summed E-state index contributed by atoms with van der Waals surface area (Å²) in [7, 11) is -3.63. The van der Waals surface area contributed by atoms with E-state index in [1.165, 1.54) is 0 Å². The third kappa shape index (κ3) is 5.26. The third-order valence-electron chi connectivity index (χ3n) is 6.36. The second kappa shape index (κ2) is 9.53. The van der Waals surface area contributed by atoms with E-state index in [1.54, 1.807) is 12.1 Å². The number of sulfonamides is 1. The monoisotopic (exact) mass is 458 g/mol. The van der Waals surface area contributed by atoms with Crippen LogP contribution in [-0.4, -0.2) is 32.7 Å². The van der Waals surface area contributed by atoms with Gasteiger partial charge in [-0.05, 0) is 42.5 Å². The molecule has 0 fully saturated rings. The number of para-hydroxylation sites is 1. The summed E-state index contributed by atoms with van der Waals surface area (Å²) < 4.78 is 32.5. The first-order valence-corrected chi connectivity index (χ1v) is 13.1. The van der Waals surface area contributed by atoms with Crippen molar-refractivity contribution in [3.63, 3.8) is 0 Å². The van der Waals surface area contributed by atoms with E-state index in [1.807, 2.05) is 36.4 Å². The van der Waals surface area contributed by atoms with Gasteiger partial charge in [0.15, 0.2) is 0 Å². The van der Waals surface area contributed by atoms with Crippen molar-refractivity contribution < 1.29 is 17.9 Å². The van der Waals surface area contributed by atoms with Crippen molar-refractivity contribution >= 4 is 21.6 Å². The fourth-order valence-corrected chi connectivity index (χ4v) is 5.08. The molecule has 1 atom stereocenters. The molecule has 1 heterocycles. The average molecular weight is 459 g/mol. The first kappa shape index (κ1) is 24.1. The summed E-state index contributed by atoms with van der Waals surface area (Å²) in [6.45, 7) is 8.06. The van der Waals surface area contributed by atoms with E-state index in [2.05, 4.69) is 33.0 Å². The molecule has 0 aromatic heterocycles. The van der Waals surface area contributed by atoms with Crippen molar-refractivity contribution in [2.24, 2.45) is 0 Å². The summed E-state index contributed by atoms with van der Waals surface area (Å²) in [5.74, 6) is 0.771. The summed E-state index contributed by atoms with van der Waals surface area (Å²) in [5.41, 5.74) is 2.16. The third-order valence-corrected chi connectivity index (χ3v) is 7.50. The fourth-order valence-electron chi connectivity index (χ4n) is 4.23. The molecular formula is C25H34N2O4S. The van der Waals surface area contributed by atoms with E-state index >= 15 is 0 Å². The number of hydrogen-bond donors (Lipinski definition) is 1. The Morgan fingerprint density at radius 1 is 1.12 bits per heavy atom. The normalized spacial score (nSPS) is 17.4. The Balaban J connectivity index is 1.83. The number of anilines is 1. The SMILES string of the molecule is CCC1(CC)C[C@H](NC(=O)CN(c2ccc(C(C)C)cc2)S(C)(=O)=O)c2ccccc2O1. The summed E-state index contributed by atoms with van der Waals surface area (Å²) in [5, 5.41) is 3.08. The predicted molar refractivity (Wildman–Crippen MR) is 129 cm³/mol. The molecule has 2 aromatic carbocycles. The standard InChI is InChI=1S/C25H34N2O4S/c1-6-25(7-2)16-22(21-10-8-9-11-23(21)31-25)26-24(28)17-27(32(5,29)30)20-14-12-19(13-15-20)18(3)4/h8-15,18,22H,6-7,16-17H2,1-5H3,(H,26,28)/t22-/m0/s1.